The number of carbonyl (C=O) groups excluding carboxylic acids is 1. The highest BCUT2D eigenvalue weighted by Crippen LogP contribution is 2.26. The molecule has 0 aliphatic carbocycles. The van der Waals surface area contributed by atoms with Gasteiger partial charge in [0.2, 0.25) is 10.0 Å². The topological polar surface area (TPSA) is 104 Å². The first-order valence-electron chi connectivity index (χ1n) is 10.6. The summed E-state index contributed by atoms with van der Waals surface area (Å²) < 4.78 is 33.8. The summed E-state index contributed by atoms with van der Waals surface area (Å²) in [6, 6.07) is 15.7. The van der Waals surface area contributed by atoms with E-state index in [1.807, 2.05) is 25.1 Å². The molecule has 0 bridgehead atoms. The van der Waals surface area contributed by atoms with E-state index in [4.69, 9.17) is 10.00 Å². The number of hydrogen-bond acceptors (Lipinski definition) is 6. The fraction of sp³-hybridized carbons (Fsp3) is 0.292. The van der Waals surface area contributed by atoms with Gasteiger partial charge in [-0.25, -0.2) is 8.42 Å². The van der Waals surface area contributed by atoms with Gasteiger partial charge in [0.05, 0.1) is 17.1 Å². The number of ether oxygens (including phenoxy) is 1. The van der Waals surface area contributed by atoms with Gasteiger partial charge in [-0.3, -0.25) is 9.78 Å². The average Bonchev–Trinajstić information content (AvgIpc) is 2.83. The van der Waals surface area contributed by atoms with Gasteiger partial charge in [0.1, 0.15) is 10.6 Å². The van der Waals surface area contributed by atoms with Crippen LogP contribution >= 0.6 is 0 Å². The Labute approximate surface area is 193 Å². The monoisotopic (exact) mass is 464 g/mol. The van der Waals surface area contributed by atoms with E-state index in [9.17, 15) is 13.2 Å². The smallest absolute Gasteiger partial charge is 0.263 e. The maximum Gasteiger partial charge on any atom is 0.263 e. The molecule has 2 aromatic carbocycles. The zero-order valence-corrected chi connectivity index (χ0v) is 19.2. The highest BCUT2D eigenvalue weighted by molar-refractivity contribution is 7.89. The quantitative estimate of drug-likeness (QED) is 0.575. The predicted octanol–water partition coefficient (Wildman–Crippen LogP) is 2.72. The molecule has 1 saturated heterocycles. The van der Waals surface area contributed by atoms with Gasteiger partial charge in [-0.1, -0.05) is 18.2 Å². The van der Waals surface area contributed by atoms with Crippen molar-refractivity contribution in [3.05, 3.63) is 65.9 Å². The summed E-state index contributed by atoms with van der Waals surface area (Å²) in [4.78, 5) is 19.0. The van der Waals surface area contributed by atoms with Crippen LogP contribution in [0.1, 0.15) is 18.1 Å². The minimum absolute atomic E-state index is 0.175. The number of carbonyl (C=O) groups is 1. The number of piperazine rings is 1. The van der Waals surface area contributed by atoms with Crippen molar-refractivity contribution in [3.8, 4) is 11.8 Å². The van der Waals surface area contributed by atoms with E-state index < -0.39 is 16.1 Å². The average molecular weight is 465 g/mol. The molecule has 1 atom stereocenters. The molecule has 0 spiro atoms. The molecule has 4 rings (SSSR count). The second-order valence-electron chi connectivity index (χ2n) is 7.97. The zero-order chi connectivity index (χ0) is 23.6. The summed E-state index contributed by atoms with van der Waals surface area (Å²) in [5.41, 5.74) is 1.85. The SMILES string of the molecule is Cc1cnc2c(S(=O)(=O)N3CCN(C(=O)C(C)Oc4cccc(C#N)c4)CC3)cccc2c1. The first kappa shape index (κ1) is 22.7. The van der Waals surface area contributed by atoms with Crippen molar-refractivity contribution in [3.63, 3.8) is 0 Å². The van der Waals surface area contributed by atoms with Gasteiger partial charge < -0.3 is 9.64 Å². The molecule has 0 radical (unpaired) electrons. The van der Waals surface area contributed by atoms with Crippen molar-refractivity contribution in [2.24, 2.45) is 0 Å². The number of fused-ring (bicyclic) bond motifs is 1. The molecule has 2 heterocycles. The minimum atomic E-state index is -3.76. The maximum atomic E-state index is 13.3. The molecule has 170 valence electrons. The van der Waals surface area contributed by atoms with Crippen molar-refractivity contribution in [1.29, 1.82) is 5.26 Å². The Bertz CT molecular complexity index is 1340. The number of nitrogens with zero attached hydrogens (tertiary/aromatic N) is 4. The van der Waals surface area contributed by atoms with Crippen LogP contribution in [0.5, 0.6) is 5.75 Å². The molecule has 0 saturated carbocycles. The lowest BCUT2D eigenvalue weighted by molar-refractivity contribution is -0.139. The molecule has 9 heteroatoms. The van der Waals surface area contributed by atoms with E-state index >= 15 is 0 Å². The normalized spacial score (nSPS) is 15.7. The summed E-state index contributed by atoms with van der Waals surface area (Å²) in [5, 5.41) is 9.79. The van der Waals surface area contributed by atoms with Gasteiger partial charge in [0.25, 0.3) is 5.91 Å². The van der Waals surface area contributed by atoms with Gasteiger partial charge in [-0.15, -0.1) is 0 Å². The Morgan fingerprint density at radius 3 is 2.58 bits per heavy atom. The van der Waals surface area contributed by atoms with Crippen LogP contribution in [0.15, 0.2) is 59.6 Å². The van der Waals surface area contributed by atoms with Crippen molar-refractivity contribution < 1.29 is 17.9 Å². The third-order valence-corrected chi connectivity index (χ3v) is 7.53. The van der Waals surface area contributed by atoms with Gasteiger partial charge in [0, 0.05) is 37.8 Å². The first-order valence-corrected chi connectivity index (χ1v) is 12.0. The van der Waals surface area contributed by atoms with Crippen molar-refractivity contribution in [2.45, 2.75) is 24.8 Å². The number of rotatable bonds is 5. The molecule has 33 heavy (non-hydrogen) atoms. The van der Waals surface area contributed by atoms with Crippen LogP contribution in [0.4, 0.5) is 0 Å². The van der Waals surface area contributed by atoms with E-state index in [1.54, 1.807) is 54.4 Å². The Morgan fingerprint density at radius 2 is 1.85 bits per heavy atom. The lowest BCUT2D eigenvalue weighted by atomic mass is 10.2. The van der Waals surface area contributed by atoms with Crippen LogP contribution in [-0.2, 0) is 14.8 Å². The maximum absolute atomic E-state index is 13.3. The summed E-state index contributed by atoms with van der Waals surface area (Å²) in [5.74, 6) is 0.214. The van der Waals surface area contributed by atoms with Crippen LogP contribution in [0.25, 0.3) is 10.9 Å². The molecule has 0 N–H and O–H groups in total. The molecular weight excluding hydrogens is 440 g/mol. The largest absolute Gasteiger partial charge is 0.481 e. The lowest BCUT2D eigenvalue weighted by Gasteiger charge is -2.35. The third kappa shape index (κ3) is 4.67. The van der Waals surface area contributed by atoms with E-state index in [0.29, 0.717) is 16.8 Å². The highest BCUT2D eigenvalue weighted by Gasteiger charge is 2.33. The van der Waals surface area contributed by atoms with Crippen LogP contribution in [-0.4, -0.2) is 60.8 Å². The number of pyridine rings is 1. The molecule has 1 fully saturated rings. The third-order valence-electron chi connectivity index (χ3n) is 5.60. The van der Waals surface area contributed by atoms with Gasteiger partial charge >= 0.3 is 0 Å². The minimum Gasteiger partial charge on any atom is -0.481 e. The van der Waals surface area contributed by atoms with Crippen LogP contribution in [0, 0.1) is 18.3 Å². The van der Waals surface area contributed by atoms with Gasteiger partial charge in [0.15, 0.2) is 6.10 Å². The first-order chi connectivity index (χ1) is 15.8. The van der Waals surface area contributed by atoms with Crippen LogP contribution < -0.4 is 4.74 Å². The van der Waals surface area contributed by atoms with E-state index in [1.165, 1.54) is 4.31 Å². The van der Waals surface area contributed by atoms with E-state index in [-0.39, 0.29) is 37.0 Å². The standard InChI is InChI=1S/C24H24N4O4S/c1-17-13-20-6-4-8-22(23(20)26-16-17)33(30,31)28-11-9-27(10-12-28)24(29)18(2)32-21-7-3-5-19(14-21)15-25/h3-8,13-14,16,18H,9-12H2,1-2H3. The molecule has 8 nitrogen and oxygen atoms in total. The second kappa shape index (κ2) is 9.17. The Hall–Kier alpha value is -3.48. The summed E-state index contributed by atoms with van der Waals surface area (Å²) in [6.45, 7) is 4.46. The van der Waals surface area contributed by atoms with Crippen LogP contribution in [0.2, 0.25) is 0 Å². The number of aryl methyl sites for hydroxylation is 1. The molecule has 1 aliphatic rings. The lowest BCUT2D eigenvalue weighted by Crippen LogP contribution is -2.53. The van der Waals surface area contributed by atoms with Gasteiger partial charge in [-0.2, -0.15) is 9.57 Å². The van der Waals surface area contributed by atoms with Crippen molar-refractivity contribution >= 4 is 26.8 Å². The molecule has 1 amide bonds. The number of benzene rings is 2. The number of sulfonamides is 1. The summed E-state index contributed by atoms with van der Waals surface area (Å²) in [6.07, 6.45) is 0.902. The van der Waals surface area contributed by atoms with E-state index in [0.717, 1.165) is 10.9 Å². The molecule has 1 aromatic heterocycles. The predicted molar refractivity (Wildman–Crippen MR) is 123 cm³/mol. The molecule has 1 unspecified atom stereocenters. The van der Waals surface area contributed by atoms with Crippen molar-refractivity contribution in [1.82, 2.24) is 14.2 Å². The van der Waals surface area contributed by atoms with E-state index in [2.05, 4.69) is 4.98 Å². The molecular formula is C24H24N4O4S. The van der Waals surface area contributed by atoms with Crippen molar-refractivity contribution in [2.75, 3.05) is 26.2 Å². The summed E-state index contributed by atoms with van der Waals surface area (Å²) in [7, 11) is -3.76. The Balaban J connectivity index is 1.44. The fourth-order valence-electron chi connectivity index (χ4n) is 3.89. The number of aromatic nitrogens is 1. The highest BCUT2D eigenvalue weighted by atomic mass is 32.2. The van der Waals surface area contributed by atoms with Crippen LogP contribution in [0.3, 0.4) is 0 Å². The second-order valence-corrected chi connectivity index (χ2v) is 9.88. The Morgan fingerprint density at radius 1 is 1.12 bits per heavy atom. The number of hydrogen-bond donors (Lipinski definition) is 0. The molecule has 1 aliphatic heterocycles. The number of nitriles is 1. The Kier molecular flexibility index (Phi) is 6.31. The summed E-state index contributed by atoms with van der Waals surface area (Å²) >= 11 is 0. The number of para-hydroxylation sites is 1. The number of amides is 1. The molecule has 3 aromatic rings. The zero-order valence-electron chi connectivity index (χ0n) is 18.4. The van der Waals surface area contributed by atoms with Gasteiger partial charge in [-0.05, 0) is 49.7 Å². The fourth-order valence-corrected chi connectivity index (χ4v) is 5.48.